The molecule has 1 N–H and O–H groups in total. The van der Waals surface area contributed by atoms with Gasteiger partial charge in [0.15, 0.2) is 5.82 Å². The molecule has 9 nitrogen and oxygen atoms in total. The van der Waals surface area contributed by atoms with Crippen molar-refractivity contribution in [2.24, 2.45) is 24.8 Å². The average Bonchev–Trinajstić information content (AvgIpc) is 3.55. The van der Waals surface area contributed by atoms with Crippen molar-refractivity contribution in [3.63, 3.8) is 0 Å². The van der Waals surface area contributed by atoms with Crippen molar-refractivity contribution in [3.8, 4) is 28.4 Å². The number of benzene rings is 3. The third kappa shape index (κ3) is 5.14. The van der Waals surface area contributed by atoms with Crippen molar-refractivity contribution in [2.45, 2.75) is 45.2 Å². The van der Waals surface area contributed by atoms with E-state index in [-0.39, 0.29) is 11.8 Å². The molecule has 252 valence electrons. The van der Waals surface area contributed by atoms with E-state index in [2.05, 4.69) is 55.5 Å². The molecule has 0 spiro atoms. The van der Waals surface area contributed by atoms with Crippen molar-refractivity contribution in [1.29, 1.82) is 0 Å². The van der Waals surface area contributed by atoms with E-state index in [1.807, 2.05) is 43.4 Å². The number of aromatic nitrogens is 4. The van der Waals surface area contributed by atoms with Crippen molar-refractivity contribution in [3.05, 3.63) is 96.3 Å². The van der Waals surface area contributed by atoms with Gasteiger partial charge >= 0.3 is 0 Å². The van der Waals surface area contributed by atoms with E-state index in [9.17, 15) is 9.59 Å². The van der Waals surface area contributed by atoms with E-state index in [4.69, 9.17) is 9.72 Å². The van der Waals surface area contributed by atoms with Gasteiger partial charge in [-0.05, 0) is 103 Å². The van der Waals surface area contributed by atoms with Crippen LogP contribution in [0.25, 0.3) is 44.6 Å². The van der Waals surface area contributed by atoms with E-state index in [0.717, 1.165) is 64.1 Å². The number of likely N-dealkylation sites (tertiary alicyclic amines) is 1. The minimum atomic E-state index is -0.158. The van der Waals surface area contributed by atoms with E-state index in [1.54, 1.807) is 31.6 Å². The Hall–Kier alpha value is -5.44. The summed E-state index contributed by atoms with van der Waals surface area (Å²) in [6.45, 7) is 4.04. The Kier molecular flexibility index (Phi) is 7.26. The molecule has 3 aromatic heterocycles. The first-order valence-corrected chi connectivity index (χ1v) is 17.7. The Morgan fingerprint density at radius 3 is 2.38 bits per heavy atom. The summed E-state index contributed by atoms with van der Waals surface area (Å²) in [6.07, 6.45) is 8.07. The number of carbonyl (C=O) groups is 2. The SMILES string of the molecule is COc1cc(C(=O)N2CC3CCC2[C@@H]3C)cc2nc(-c3cc4ccc(-c5ccc(C(=O)Nc6ccncc6)cc5)cc4n3CC3CC3)n(C)c12. The second kappa shape index (κ2) is 11.9. The molecule has 50 heavy (non-hydrogen) atoms. The maximum atomic E-state index is 13.8. The number of carbonyl (C=O) groups excluding carboxylic acids is 2. The summed E-state index contributed by atoms with van der Waals surface area (Å²) >= 11 is 0. The zero-order valence-electron chi connectivity index (χ0n) is 28.6. The number of ether oxygens (including phenoxy) is 1. The number of pyridine rings is 1. The molecule has 6 aromatic rings. The Morgan fingerprint density at radius 2 is 1.68 bits per heavy atom. The second-order valence-electron chi connectivity index (χ2n) is 14.4. The van der Waals surface area contributed by atoms with Crippen molar-refractivity contribution in [2.75, 3.05) is 19.0 Å². The first-order valence-electron chi connectivity index (χ1n) is 17.7. The molecule has 0 radical (unpaired) electrons. The first-order chi connectivity index (χ1) is 24.4. The summed E-state index contributed by atoms with van der Waals surface area (Å²) in [6, 6.07) is 24.2. The molecule has 9 heteroatoms. The van der Waals surface area contributed by atoms with Crippen molar-refractivity contribution < 1.29 is 14.3 Å². The van der Waals surface area contributed by atoms with Crippen molar-refractivity contribution in [1.82, 2.24) is 24.0 Å². The number of hydrogen-bond acceptors (Lipinski definition) is 5. The zero-order valence-corrected chi connectivity index (χ0v) is 28.6. The largest absolute Gasteiger partial charge is 0.494 e. The van der Waals surface area contributed by atoms with Crippen LogP contribution < -0.4 is 10.1 Å². The first kappa shape index (κ1) is 30.6. The van der Waals surface area contributed by atoms with Crippen LogP contribution >= 0.6 is 0 Å². The second-order valence-corrected chi connectivity index (χ2v) is 14.4. The van der Waals surface area contributed by atoms with Crippen LogP contribution in [0.1, 0.15) is 53.3 Å². The molecule has 3 fully saturated rings. The van der Waals surface area contributed by atoms with Crippen LogP contribution in [0.3, 0.4) is 0 Å². The normalized spacial score (nSPS) is 19.8. The summed E-state index contributed by atoms with van der Waals surface area (Å²) in [5.41, 5.74) is 7.91. The van der Waals surface area contributed by atoms with E-state index >= 15 is 0 Å². The molecule has 2 unspecified atom stereocenters. The molecule has 3 atom stereocenters. The minimum Gasteiger partial charge on any atom is -0.494 e. The van der Waals surface area contributed by atoms with Gasteiger partial charge in [-0.3, -0.25) is 14.6 Å². The Labute approximate surface area is 290 Å². The molecule has 3 aromatic carbocycles. The van der Waals surface area contributed by atoms with Gasteiger partial charge in [0.2, 0.25) is 0 Å². The lowest BCUT2D eigenvalue weighted by Crippen LogP contribution is -2.38. The third-order valence-corrected chi connectivity index (χ3v) is 11.4. The summed E-state index contributed by atoms with van der Waals surface area (Å²) in [5.74, 6) is 3.23. The monoisotopic (exact) mass is 664 g/mol. The topological polar surface area (TPSA) is 94.3 Å². The van der Waals surface area contributed by atoms with Gasteiger partial charge in [-0.25, -0.2) is 4.98 Å². The van der Waals surface area contributed by atoms with Gasteiger partial charge < -0.3 is 24.1 Å². The summed E-state index contributed by atoms with van der Waals surface area (Å²) in [7, 11) is 3.70. The number of rotatable bonds is 8. The fraction of sp³-hybridized carbons (Fsp3) is 0.317. The van der Waals surface area contributed by atoms with Crippen LogP contribution in [0.4, 0.5) is 5.69 Å². The Balaban J connectivity index is 1.07. The van der Waals surface area contributed by atoms with Crippen LogP contribution in [0.2, 0.25) is 0 Å². The van der Waals surface area contributed by atoms with Crippen LogP contribution in [0.15, 0.2) is 85.2 Å². The quantitative estimate of drug-likeness (QED) is 0.179. The average molecular weight is 665 g/mol. The van der Waals surface area contributed by atoms with E-state index < -0.39 is 0 Å². The van der Waals surface area contributed by atoms with E-state index in [0.29, 0.717) is 46.4 Å². The van der Waals surface area contributed by atoms with Crippen LogP contribution in [0.5, 0.6) is 5.75 Å². The Bertz CT molecular complexity index is 2290. The molecule has 1 aliphatic heterocycles. The molecule has 2 bridgehead atoms. The number of aryl methyl sites for hydroxylation is 1. The highest BCUT2D eigenvalue weighted by molar-refractivity contribution is 6.04. The number of imidazole rings is 1. The molecule has 3 aliphatic rings. The van der Waals surface area contributed by atoms with Crippen LogP contribution in [0, 0.1) is 17.8 Å². The smallest absolute Gasteiger partial charge is 0.255 e. The predicted molar refractivity (Wildman–Crippen MR) is 195 cm³/mol. The van der Waals surface area contributed by atoms with E-state index in [1.165, 1.54) is 19.3 Å². The molecule has 1 saturated heterocycles. The highest BCUT2D eigenvalue weighted by Crippen LogP contribution is 2.44. The van der Waals surface area contributed by atoms with Crippen molar-refractivity contribution >= 4 is 39.4 Å². The molecule has 2 aliphatic carbocycles. The maximum Gasteiger partial charge on any atom is 0.255 e. The lowest BCUT2D eigenvalue weighted by atomic mass is 10.0. The molecule has 4 heterocycles. The highest BCUT2D eigenvalue weighted by Gasteiger charge is 2.46. The molecular weight excluding hydrogens is 624 g/mol. The zero-order chi connectivity index (χ0) is 34.1. The molecule has 9 rings (SSSR count). The fourth-order valence-electron chi connectivity index (χ4n) is 8.36. The number of amides is 2. The third-order valence-electron chi connectivity index (χ3n) is 11.4. The maximum absolute atomic E-state index is 13.8. The number of hydrogen-bond donors (Lipinski definition) is 1. The number of nitrogens with one attached hydrogen (secondary N) is 1. The number of anilines is 1. The van der Waals surface area contributed by atoms with Crippen LogP contribution in [-0.4, -0.2) is 55.5 Å². The van der Waals surface area contributed by atoms with Gasteiger partial charge in [0.05, 0.1) is 18.3 Å². The Morgan fingerprint density at radius 1 is 0.900 bits per heavy atom. The summed E-state index contributed by atoms with van der Waals surface area (Å²) < 4.78 is 10.4. The van der Waals surface area contributed by atoms with Gasteiger partial charge in [-0.15, -0.1) is 0 Å². The number of nitrogens with zero attached hydrogens (tertiary/aromatic N) is 5. The summed E-state index contributed by atoms with van der Waals surface area (Å²) in [5, 5.41) is 4.07. The standard InChI is InChI=1S/C41H40N6O3/c1-24-30-12-13-34(24)47(23-30)41(49)31-18-33-38(37(21-31)50-3)45(2)39(44-33)36-20-29-11-10-28(19-35(29)46(36)22-25-4-5-25)26-6-8-27(9-7-26)40(48)43-32-14-16-42-17-15-32/h6-11,14-21,24-25,30,34H,4-5,12-13,22-23H2,1-3H3,(H,42,43,48)/t24-,30?,34?/m1/s1. The molecule has 2 amide bonds. The minimum absolute atomic E-state index is 0.0780. The number of piperidine rings is 1. The van der Waals surface area contributed by atoms with Gasteiger partial charge in [0.1, 0.15) is 11.3 Å². The van der Waals surface area contributed by atoms with Crippen LogP contribution in [-0.2, 0) is 13.6 Å². The number of methoxy groups -OCH3 is 1. The lowest BCUT2D eigenvalue weighted by Gasteiger charge is -2.27. The predicted octanol–water partition coefficient (Wildman–Crippen LogP) is 7.80. The van der Waals surface area contributed by atoms with Gasteiger partial charge in [0, 0.05) is 66.3 Å². The van der Waals surface area contributed by atoms with Gasteiger partial charge in [-0.1, -0.05) is 31.2 Å². The number of fused-ring (bicyclic) bond motifs is 4. The lowest BCUT2D eigenvalue weighted by molar-refractivity contribution is 0.0695. The van der Waals surface area contributed by atoms with Gasteiger partial charge in [-0.2, -0.15) is 0 Å². The summed E-state index contributed by atoms with van der Waals surface area (Å²) in [4.78, 5) is 38.0. The fourth-order valence-corrected chi connectivity index (χ4v) is 8.36. The van der Waals surface area contributed by atoms with Gasteiger partial charge in [0.25, 0.3) is 11.8 Å². The highest BCUT2D eigenvalue weighted by atomic mass is 16.5. The molecule has 2 saturated carbocycles. The molecular formula is C41H40N6O3.